The summed E-state index contributed by atoms with van der Waals surface area (Å²) < 4.78 is 27.0. The predicted molar refractivity (Wildman–Crippen MR) is 83.4 cm³/mol. The van der Waals surface area contributed by atoms with E-state index in [9.17, 15) is 8.42 Å². The van der Waals surface area contributed by atoms with E-state index in [1.54, 1.807) is 12.1 Å². The first-order chi connectivity index (χ1) is 9.85. The molecule has 6 heteroatoms. The molecule has 2 N–H and O–H groups in total. The van der Waals surface area contributed by atoms with Crippen molar-refractivity contribution in [1.82, 2.24) is 9.62 Å². The highest BCUT2D eigenvalue weighted by atomic mass is 32.2. The fraction of sp³-hybridized carbons (Fsp3) is 0.467. The van der Waals surface area contributed by atoms with E-state index in [0.29, 0.717) is 13.0 Å². The van der Waals surface area contributed by atoms with E-state index in [0.717, 1.165) is 5.56 Å². The number of hydrogen-bond donors (Lipinski definition) is 2. The maximum absolute atomic E-state index is 12.2. The summed E-state index contributed by atoms with van der Waals surface area (Å²) in [6.07, 6.45) is 0.406. The number of benzene rings is 1. The number of likely N-dealkylation sites (N-methyl/N-ethyl adjacent to an activating group) is 1. The lowest BCUT2D eigenvalue weighted by atomic mass is 10.2. The summed E-state index contributed by atoms with van der Waals surface area (Å²) in [4.78, 5) is 2.15. The number of aliphatic hydroxyl groups is 1. The lowest BCUT2D eigenvalue weighted by Crippen LogP contribution is -2.39. The molecule has 116 valence electrons. The lowest BCUT2D eigenvalue weighted by molar-refractivity contribution is 0.305. The minimum absolute atomic E-state index is 0.0210. The van der Waals surface area contributed by atoms with Crippen LogP contribution in [0.5, 0.6) is 0 Å². The Hall–Kier alpha value is -1.39. The van der Waals surface area contributed by atoms with Gasteiger partial charge in [-0.05, 0) is 45.3 Å². The molecule has 21 heavy (non-hydrogen) atoms. The van der Waals surface area contributed by atoms with Crippen molar-refractivity contribution in [3.05, 3.63) is 29.8 Å². The van der Waals surface area contributed by atoms with Gasteiger partial charge in [-0.2, -0.15) is 0 Å². The Balaban J connectivity index is 2.78. The summed E-state index contributed by atoms with van der Waals surface area (Å²) in [6.45, 7) is 2.48. The molecule has 0 saturated carbocycles. The normalized spacial score (nSPS) is 12.8. The number of nitrogens with zero attached hydrogens (tertiary/aromatic N) is 1. The number of hydrogen-bond acceptors (Lipinski definition) is 4. The summed E-state index contributed by atoms with van der Waals surface area (Å²) >= 11 is 0. The molecule has 0 aliphatic carbocycles. The Morgan fingerprint density at radius 3 is 2.43 bits per heavy atom. The zero-order valence-corrected chi connectivity index (χ0v) is 13.4. The lowest BCUT2D eigenvalue weighted by Gasteiger charge is -2.18. The van der Waals surface area contributed by atoms with Gasteiger partial charge in [0.1, 0.15) is 0 Å². The van der Waals surface area contributed by atoms with E-state index in [-0.39, 0.29) is 17.5 Å². The molecule has 0 aliphatic rings. The summed E-state index contributed by atoms with van der Waals surface area (Å²) in [5.74, 6) is 5.65. The van der Waals surface area contributed by atoms with Crippen LogP contribution in [0, 0.1) is 11.8 Å². The van der Waals surface area contributed by atoms with E-state index in [2.05, 4.69) is 16.6 Å². The molecular formula is C15H22N2O3S. The largest absolute Gasteiger partial charge is 0.395 e. The monoisotopic (exact) mass is 310 g/mol. The molecule has 0 saturated heterocycles. The van der Waals surface area contributed by atoms with Gasteiger partial charge in [0, 0.05) is 24.6 Å². The Labute approximate surface area is 127 Å². The van der Waals surface area contributed by atoms with Crippen LogP contribution in [0.2, 0.25) is 0 Å². The van der Waals surface area contributed by atoms with Gasteiger partial charge in [0.2, 0.25) is 10.0 Å². The maximum atomic E-state index is 12.2. The molecule has 0 amide bonds. The topological polar surface area (TPSA) is 69.6 Å². The summed E-state index contributed by atoms with van der Waals surface area (Å²) in [5, 5.41) is 8.65. The van der Waals surface area contributed by atoms with Gasteiger partial charge in [-0.1, -0.05) is 11.8 Å². The molecule has 5 nitrogen and oxygen atoms in total. The van der Waals surface area contributed by atoms with Crippen LogP contribution in [-0.4, -0.2) is 51.7 Å². The van der Waals surface area contributed by atoms with Crippen LogP contribution in [0.1, 0.15) is 18.9 Å². The van der Waals surface area contributed by atoms with Crippen LogP contribution in [0.4, 0.5) is 0 Å². The van der Waals surface area contributed by atoms with Crippen molar-refractivity contribution in [2.75, 3.05) is 27.2 Å². The number of sulfonamides is 1. The van der Waals surface area contributed by atoms with Crippen LogP contribution < -0.4 is 4.72 Å². The van der Waals surface area contributed by atoms with Gasteiger partial charge in [0.25, 0.3) is 0 Å². The zero-order chi connectivity index (χ0) is 15.9. The first-order valence-electron chi connectivity index (χ1n) is 6.72. The van der Waals surface area contributed by atoms with E-state index in [4.69, 9.17) is 5.11 Å². The average Bonchev–Trinajstić information content (AvgIpc) is 2.38. The van der Waals surface area contributed by atoms with Crippen molar-refractivity contribution in [3.8, 4) is 11.8 Å². The minimum atomic E-state index is -3.51. The average molecular weight is 310 g/mol. The van der Waals surface area contributed by atoms with Crippen LogP contribution >= 0.6 is 0 Å². The molecule has 0 fully saturated rings. The number of aliphatic hydroxyl groups excluding tert-OH is 1. The van der Waals surface area contributed by atoms with Crippen LogP contribution in [0.3, 0.4) is 0 Å². The van der Waals surface area contributed by atoms with E-state index >= 15 is 0 Å². The van der Waals surface area contributed by atoms with Crippen molar-refractivity contribution in [1.29, 1.82) is 0 Å². The fourth-order valence-electron chi connectivity index (χ4n) is 1.86. The molecule has 1 rings (SSSR count). The van der Waals surface area contributed by atoms with Crippen molar-refractivity contribution in [2.45, 2.75) is 24.3 Å². The second-order valence-electron chi connectivity index (χ2n) is 5.08. The third kappa shape index (κ3) is 6.27. The number of nitrogens with one attached hydrogen (secondary N) is 1. The molecule has 1 atom stereocenters. The van der Waals surface area contributed by atoms with Gasteiger partial charge in [0.05, 0.1) is 11.5 Å². The van der Waals surface area contributed by atoms with Crippen molar-refractivity contribution < 1.29 is 13.5 Å². The molecular weight excluding hydrogens is 288 g/mol. The van der Waals surface area contributed by atoms with Crippen LogP contribution in [0.15, 0.2) is 29.2 Å². The zero-order valence-electron chi connectivity index (χ0n) is 12.6. The standard InChI is InChI=1S/C15H22N2O3S/c1-13(12-17(2)3)16-21(19,20)15-9-7-14(8-10-15)6-4-5-11-18/h7-10,13,16,18H,5,11-12H2,1-3H3. The molecule has 0 aromatic heterocycles. The third-order valence-electron chi connectivity index (χ3n) is 2.63. The smallest absolute Gasteiger partial charge is 0.240 e. The second kappa shape index (κ2) is 8.15. The first-order valence-corrected chi connectivity index (χ1v) is 8.20. The number of rotatable bonds is 6. The molecule has 0 aliphatic heterocycles. The van der Waals surface area contributed by atoms with Gasteiger partial charge >= 0.3 is 0 Å². The van der Waals surface area contributed by atoms with E-state index < -0.39 is 10.0 Å². The van der Waals surface area contributed by atoms with Crippen LogP contribution in [-0.2, 0) is 10.0 Å². The molecule has 1 aromatic rings. The van der Waals surface area contributed by atoms with Crippen molar-refractivity contribution in [3.63, 3.8) is 0 Å². The van der Waals surface area contributed by atoms with Gasteiger partial charge in [-0.3, -0.25) is 0 Å². The SMILES string of the molecule is CC(CN(C)C)NS(=O)(=O)c1ccc(C#CCCO)cc1. The summed E-state index contributed by atoms with van der Waals surface area (Å²) in [5.41, 5.74) is 0.726. The van der Waals surface area contributed by atoms with Gasteiger partial charge < -0.3 is 10.0 Å². The van der Waals surface area contributed by atoms with Gasteiger partial charge in [0.15, 0.2) is 0 Å². The Morgan fingerprint density at radius 1 is 1.29 bits per heavy atom. The maximum Gasteiger partial charge on any atom is 0.240 e. The molecule has 1 aromatic carbocycles. The molecule has 0 bridgehead atoms. The molecule has 0 radical (unpaired) electrons. The van der Waals surface area contributed by atoms with E-state index in [1.807, 2.05) is 25.9 Å². The highest BCUT2D eigenvalue weighted by molar-refractivity contribution is 7.89. The minimum Gasteiger partial charge on any atom is -0.395 e. The van der Waals surface area contributed by atoms with Crippen molar-refractivity contribution in [2.24, 2.45) is 0 Å². The quantitative estimate of drug-likeness (QED) is 0.757. The van der Waals surface area contributed by atoms with Crippen molar-refractivity contribution >= 4 is 10.0 Å². The summed E-state index contributed by atoms with van der Waals surface area (Å²) in [6, 6.07) is 6.22. The predicted octanol–water partition coefficient (Wildman–Crippen LogP) is 0.649. The molecule has 1 unspecified atom stereocenters. The Morgan fingerprint density at radius 2 is 1.90 bits per heavy atom. The highest BCUT2D eigenvalue weighted by Gasteiger charge is 2.17. The van der Waals surface area contributed by atoms with Gasteiger partial charge in [-0.15, -0.1) is 0 Å². The van der Waals surface area contributed by atoms with Crippen LogP contribution in [0.25, 0.3) is 0 Å². The summed E-state index contributed by atoms with van der Waals surface area (Å²) in [7, 11) is 0.275. The first kappa shape index (κ1) is 17.7. The Bertz CT molecular complexity index is 598. The molecule has 0 heterocycles. The third-order valence-corrected chi connectivity index (χ3v) is 4.23. The highest BCUT2D eigenvalue weighted by Crippen LogP contribution is 2.10. The van der Waals surface area contributed by atoms with Gasteiger partial charge in [-0.25, -0.2) is 13.1 Å². The second-order valence-corrected chi connectivity index (χ2v) is 6.80. The molecule has 0 spiro atoms. The fourth-order valence-corrected chi connectivity index (χ4v) is 3.09. The Kier molecular flexibility index (Phi) is 6.85. The van der Waals surface area contributed by atoms with E-state index in [1.165, 1.54) is 12.1 Å².